The van der Waals surface area contributed by atoms with Crippen molar-refractivity contribution in [2.75, 3.05) is 29.9 Å². The van der Waals surface area contributed by atoms with E-state index < -0.39 is 9.84 Å². The molecule has 2 rings (SSSR count). The summed E-state index contributed by atoms with van der Waals surface area (Å²) in [6.45, 7) is 2.40. The lowest BCUT2D eigenvalue weighted by atomic mass is 10.2. The molecule has 1 aliphatic heterocycles. The molecule has 0 radical (unpaired) electrons. The quantitative estimate of drug-likeness (QED) is 0.871. The Labute approximate surface area is 140 Å². The third-order valence-electron chi connectivity index (χ3n) is 3.62. The van der Waals surface area contributed by atoms with Crippen molar-refractivity contribution in [1.29, 1.82) is 0 Å². The Kier molecular flexibility index (Phi) is 5.58. The third-order valence-corrected chi connectivity index (χ3v) is 5.80. The molecule has 1 aromatic rings. The number of likely N-dealkylation sites (N-methyl/N-ethyl adjacent to an activating group) is 1. The highest BCUT2D eigenvalue weighted by molar-refractivity contribution is 7.91. The Balaban J connectivity index is 1.98. The molecule has 1 atom stereocenters. The summed E-state index contributed by atoms with van der Waals surface area (Å²) in [5, 5.41) is 3.94. The van der Waals surface area contributed by atoms with Crippen LogP contribution in [0.25, 0.3) is 0 Å². The van der Waals surface area contributed by atoms with E-state index in [2.05, 4.69) is 5.32 Å². The van der Waals surface area contributed by atoms with E-state index in [0.717, 1.165) is 0 Å². The number of hydrogen-bond acceptors (Lipinski definition) is 4. The maximum Gasteiger partial charge on any atom is 0.242 e. The molecule has 0 bridgehead atoms. The highest BCUT2D eigenvalue weighted by Gasteiger charge is 2.33. The maximum atomic E-state index is 12.3. The highest BCUT2D eigenvalue weighted by atomic mass is 35.5. The summed E-state index contributed by atoms with van der Waals surface area (Å²) in [5.41, 5.74) is 0.654. The number of anilines is 1. The summed E-state index contributed by atoms with van der Waals surface area (Å²) in [4.78, 5) is 13.9. The molecular formula is C14H18Cl2N2O3S. The van der Waals surface area contributed by atoms with Crippen LogP contribution in [0.2, 0.25) is 10.0 Å². The Bertz CT molecular complexity index is 644. The first-order valence-electron chi connectivity index (χ1n) is 7.00. The summed E-state index contributed by atoms with van der Waals surface area (Å²) >= 11 is 11.8. The lowest BCUT2D eigenvalue weighted by Crippen LogP contribution is -2.43. The first kappa shape index (κ1) is 17.4. The minimum atomic E-state index is -3.01. The van der Waals surface area contributed by atoms with Gasteiger partial charge in [0.25, 0.3) is 0 Å². The Morgan fingerprint density at radius 2 is 1.95 bits per heavy atom. The van der Waals surface area contributed by atoms with Crippen molar-refractivity contribution in [3.05, 3.63) is 28.2 Å². The summed E-state index contributed by atoms with van der Waals surface area (Å²) in [5.74, 6) is 0.0645. The number of carbonyl (C=O) groups is 1. The van der Waals surface area contributed by atoms with Gasteiger partial charge in [0.15, 0.2) is 9.84 Å². The molecule has 8 heteroatoms. The number of amides is 1. The molecule has 1 N–H and O–H groups in total. The van der Waals surface area contributed by atoms with E-state index in [1.807, 2.05) is 6.92 Å². The van der Waals surface area contributed by atoms with Crippen molar-refractivity contribution in [3.8, 4) is 0 Å². The van der Waals surface area contributed by atoms with Crippen LogP contribution in [0.15, 0.2) is 18.2 Å². The van der Waals surface area contributed by atoms with Crippen LogP contribution in [0.3, 0.4) is 0 Å². The van der Waals surface area contributed by atoms with Crippen LogP contribution in [0, 0.1) is 0 Å². The highest BCUT2D eigenvalue weighted by Crippen LogP contribution is 2.22. The van der Waals surface area contributed by atoms with E-state index in [4.69, 9.17) is 23.2 Å². The van der Waals surface area contributed by atoms with Crippen LogP contribution in [-0.4, -0.2) is 49.9 Å². The predicted octanol–water partition coefficient (Wildman–Crippen LogP) is 2.44. The SMILES string of the molecule is CCN(C(=O)CNc1cc(Cl)cc(Cl)c1)C1CCS(=O)(=O)C1. The van der Waals surface area contributed by atoms with Gasteiger partial charge >= 0.3 is 0 Å². The van der Waals surface area contributed by atoms with Gasteiger partial charge in [-0.15, -0.1) is 0 Å². The predicted molar refractivity (Wildman–Crippen MR) is 89.4 cm³/mol. The number of halogens is 2. The molecular weight excluding hydrogens is 347 g/mol. The largest absolute Gasteiger partial charge is 0.376 e. The first-order valence-corrected chi connectivity index (χ1v) is 9.58. The van der Waals surface area contributed by atoms with Crippen molar-refractivity contribution in [2.24, 2.45) is 0 Å². The molecule has 122 valence electrons. The Morgan fingerprint density at radius 3 is 2.45 bits per heavy atom. The number of carbonyl (C=O) groups excluding carboxylic acids is 1. The van der Waals surface area contributed by atoms with Gasteiger partial charge in [-0.3, -0.25) is 4.79 Å². The van der Waals surface area contributed by atoms with Crippen LogP contribution in [0.5, 0.6) is 0 Å². The van der Waals surface area contributed by atoms with Crippen LogP contribution in [0.1, 0.15) is 13.3 Å². The second-order valence-corrected chi connectivity index (χ2v) is 8.35. The van der Waals surface area contributed by atoms with E-state index in [1.54, 1.807) is 23.1 Å². The second kappa shape index (κ2) is 7.06. The number of nitrogens with zero attached hydrogens (tertiary/aromatic N) is 1. The summed E-state index contributed by atoms with van der Waals surface area (Å²) in [6, 6.07) is 4.73. The smallest absolute Gasteiger partial charge is 0.242 e. The van der Waals surface area contributed by atoms with Crippen LogP contribution < -0.4 is 5.32 Å². The van der Waals surface area contributed by atoms with Gasteiger partial charge in [0.05, 0.1) is 18.1 Å². The number of rotatable bonds is 5. The molecule has 0 spiro atoms. The number of hydrogen-bond donors (Lipinski definition) is 1. The fraction of sp³-hybridized carbons (Fsp3) is 0.500. The van der Waals surface area contributed by atoms with Gasteiger partial charge in [0, 0.05) is 28.3 Å². The average Bonchev–Trinajstić information content (AvgIpc) is 2.76. The molecule has 22 heavy (non-hydrogen) atoms. The van der Waals surface area contributed by atoms with Crippen LogP contribution in [0.4, 0.5) is 5.69 Å². The van der Waals surface area contributed by atoms with E-state index >= 15 is 0 Å². The molecule has 0 saturated carbocycles. The molecule has 1 saturated heterocycles. The lowest BCUT2D eigenvalue weighted by molar-refractivity contribution is -0.130. The standard InChI is InChI=1S/C14H18Cl2N2O3S/c1-2-18(13-3-4-22(20,21)9-13)14(19)8-17-12-6-10(15)5-11(16)7-12/h5-7,13,17H,2-4,8-9H2,1H3. The molecule has 1 heterocycles. The number of sulfone groups is 1. The first-order chi connectivity index (χ1) is 10.3. The Hall–Kier alpha value is -0.980. The molecule has 5 nitrogen and oxygen atoms in total. The van der Waals surface area contributed by atoms with Crippen molar-refractivity contribution in [1.82, 2.24) is 4.90 Å². The zero-order chi connectivity index (χ0) is 16.3. The second-order valence-electron chi connectivity index (χ2n) is 5.25. The molecule has 1 aromatic carbocycles. The van der Waals surface area contributed by atoms with E-state index in [-0.39, 0.29) is 30.0 Å². The van der Waals surface area contributed by atoms with Gasteiger partial charge in [-0.05, 0) is 31.5 Å². The zero-order valence-corrected chi connectivity index (χ0v) is 14.5. The number of benzene rings is 1. The minimum Gasteiger partial charge on any atom is -0.376 e. The van der Waals surface area contributed by atoms with Crippen molar-refractivity contribution in [3.63, 3.8) is 0 Å². The summed E-state index contributed by atoms with van der Waals surface area (Å²) < 4.78 is 23.1. The maximum absolute atomic E-state index is 12.3. The molecule has 1 aliphatic rings. The fourth-order valence-corrected chi connectivity index (χ4v) is 4.85. The van der Waals surface area contributed by atoms with Crippen molar-refractivity contribution >= 4 is 44.6 Å². The summed E-state index contributed by atoms with van der Waals surface area (Å²) in [7, 11) is -3.01. The summed E-state index contributed by atoms with van der Waals surface area (Å²) in [6.07, 6.45) is 0.505. The van der Waals surface area contributed by atoms with Crippen LogP contribution >= 0.6 is 23.2 Å². The van der Waals surface area contributed by atoms with Gasteiger partial charge in [-0.2, -0.15) is 0 Å². The van der Waals surface area contributed by atoms with Gasteiger partial charge < -0.3 is 10.2 Å². The third kappa shape index (κ3) is 4.51. The lowest BCUT2D eigenvalue weighted by Gasteiger charge is -2.27. The van der Waals surface area contributed by atoms with E-state index in [9.17, 15) is 13.2 Å². The molecule has 1 amide bonds. The van der Waals surface area contributed by atoms with Gasteiger partial charge in [-0.1, -0.05) is 23.2 Å². The zero-order valence-electron chi connectivity index (χ0n) is 12.2. The molecule has 1 fully saturated rings. The van der Waals surface area contributed by atoms with Crippen molar-refractivity contribution in [2.45, 2.75) is 19.4 Å². The van der Waals surface area contributed by atoms with Gasteiger partial charge in [0.2, 0.25) is 5.91 Å². The minimum absolute atomic E-state index is 0.0512. The van der Waals surface area contributed by atoms with Gasteiger partial charge in [0.1, 0.15) is 0 Å². The van der Waals surface area contributed by atoms with E-state index in [1.165, 1.54) is 0 Å². The van der Waals surface area contributed by atoms with Gasteiger partial charge in [-0.25, -0.2) is 8.42 Å². The average molecular weight is 365 g/mol. The molecule has 1 unspecified atom stereocenters. The topological polar surface area (TPSA) is 66.5 Å². The Morgan fingerprint density at radius 1 is 1.32 bits per heavy atom. The van der Waals surface area contributed by atoms with Crippen molar-refractivity contribution < 1.29 is 13.2 Å². The molecule has 0 aromatic heterocycles. The fourth-order valence-electron chi connectivity index (χ4n) is 2.59. The molecule has 0 aliphatic carbocycles. The normalized spacial score (nSPS) is 19.9. The van der Waals surface area contributed by atoms with E-state index in [0.29, 0.717) is 28.7 Å². The van der Waals surface area contributed by atoms with Crippen LogP contribution in [-0.2, 0) is 14.6 Å². The number of nitrogens with one attached hydrogen (secondary N) is 1. The monoisotopic (exact) mass is 364 g/mol.